The molecule has 0 saturated carbocycles. The van der Waals surface area contributed by atoms with Crippen molar-refractivity contribution < 1.29 is 4.92 Å². The van der Waals surface area contributed by atoms with Gasteiger partial charge in [-0.2, -0.15) is 5.10 Å². The maximum absolute atomic E-state index is 11.4. The highest BCUT2D eigenvalue weighted by Crippen LogP contribution is 2.71. The van der Waals surface area contributed by atoms with E-state index < -0.39 is 7.36 Å². The molecule has 1 saturated heterocycles. The number of fused-ring (bicyclic) bond motifs is 1. The predicted molar refractivity (Wildman–Crippen MR) is 160 cm³/mol. The van der Waals surface area contributed by atoms with Gasteiger partial charge in [0.15, 0.2) is 7.36 Å². The van der Waals surface area contributed by atoms with E-state index in [-0.39, 0.29) is 16.0 Å². The first kappa shape index (κ1) is 25.5. The van der Waals surface area contributed by atoms with Crippen LogP contribution in [-0.2, 0) is 5.41 Å². The molecule has 0 radical (unpaired) electrons. The third-order valence-corrected chi connectivity index (χ3v) is 11.5. The lowest BCUT2D eigenvalue weighted by atomic mass is 9.84. The largest absolute Gasteiger partial charge is 0.346 e. The van der Waals surface area contributed by atoms with Crippen molar-refractivity contribution in [2.75, 3.05) is 29.8 Å². The van der Waals surface area contributed by atoms with Crippen LogP contribution in [0.4, 0.5) is 22.7 Å². The van der Waals surface area contributed by atoms with E-state index in [1.807, 2.05) is 24.4 Å². The molecule has 3 aliphatic rings. The summed E-state index contributed by atoms with van der Waals surface area (Å²) in [7, 11) is -0.538. The molecule has 6 rings (SSSR count). The van der Waals surface area contributed by atoms with Crippen LogP contribution in [0.25, 0.3) is 0 Å². The Morgan fingerprint density at radius 2 is 1.59 bits per heavy atom. The molecule has 1 atom stereocenters. The van der Waals surface area contributed by atoms with Crippen LogP contribution in [-0.4, -0.2) is 35.9 Å². The molecular formula is C30H33N6O2P. The van der Waals surface area contributed by atoms with Crippen LogP contribution >= 0.6 is 7.36 Å². The number of benzene rings is 3. The number of hydrogen-bond donors (Lipinski definition) is 0. The van der Waals surface area contributed by atoms with E-state index in [4.69, 9.17) is 9.85 Å². The standard InChI is InChI=1S/C30H33N6O2P/c1-30(2)26-14-8-9-15-27(26)33(3)29(30)28-22-31-35(24-12-6-4-7-13-24)39(28,34-20-10-5-11-21-34)32-23-16-18-25(19-17-23)36(37)38/h4,6-9,12-19,22H,5,10-11,20-21H2,1-3H3/b29-28+. The number of para-hydroxylation sites is 2. The summed E-state index contributed by atoms with van der Waals surface area (Å²) in [4.78, 5) is 13.3. The van der Waals surface area contributed by atoms with Crippen LogP contribution in [0.2, 0.25) is 0 Å². The fourth-order valence-electron chi connectivity index (χ4n) is 6.20. The fourth-order valence-corrected chi connectivity index (χ4v) is 10.1. The summed E-state index contributed by atoms with van der Waals surface area (Å²) in [6.07, 6.45) is 5.43. The van der Waals surface area contributed by atoms with E-state index in [9.17, 15) is 10.1 Å². The summed E-state index contributed by atoms with van der Waals surface area (Å²) in [5.41, 5.74) is 5.20. The summed E-state index contributed by atoms with van der Waals surface area (Å²) in [5, 5.41) is 17.6. The van der Waals surface area contributed by atoms with Gasteiger partial charge in [-0.25, -0.2) is 14.2 Å². The Morgan fingerprint density at radius 1 is 0.923 bits per heavy atom. The normalized spacial score (nSPS) is 24.2. The van der Waals surface area contributed by atoms with Gasteiger partial charge in [-0.3, -0.25) is 10.1 Å². The Hall–Kier alpha value is -3.74. The van der Waals surface area contributed by atoms with Gasteiger partial charge in [0.05, 0.1) is 27.8 Å². The van der Waals surface area contributed by atoms with E-state index in [0.29, 0.717) is 0 Å². The zero-order chi connectivity index (χ0) is 27.2. The minimum Gasteiger partial charge on any atom is -0.346 e. The number of hydrogen-bond acceptors (Lipinski definition) is 5. The van der Waals surface area contributed by atoms with Gasteiger partial charge in [-0.15, -0.1) is 0 Å². The van der Waals surface area contributed by atoms with Gasteiger partial charge in [-0.1, -0.05) is 56.7 Å². The summed E-state index contributed by atoms with van der Waals surface area (Å²) in [6, 6.07) is 25.5. The van der Waals surface area contributed by atoms with Crippen molar-refractivity contribution >= 4 is 36.3 Å². The number of non-ortho nitro benzene ring substituents is 1. The van der Waals surface area contributed by atoms with Gasteiger partial charge >= 0.3 is 0 Å². The Morgan fingerprint density at radius 3 is 2.26 bits per heavy atom. The topological polar surface area (TPSA) is 77.6 Å². The second-order valence-corrected chi connectivity index (χ2v) is 13.5. The summed E-state index contributed by atoms with van der Waals surface area (Å²) in [5.74, 6) is 0. The summed E-state index contributed by atoms with van der Waals surface area (Å²) in [6.45, 7) is 6.41. The van der Waals surface area contributed by atoms with Gasteiger partial charge in [0.2, 0.25) is 0 Å². The van der Waals surface area contributed by atoms with Crippen molar-refractivity contribution in [1.82, 2.24) is 4.67 Å². The van der Waals surface area contributed by atoms with Crippen molar-refractivity contribution in [1.29, 1.82) is 0 Å². The smallest absolute Gasteiger partial charge is 0.269 e. The number of likely N-dealkylation sites (N-methyl/N-ethyl adjacent to an activating group) is 1. The first-order valence-electron chi connectivity index (χ1n) is 13.4. The van der Waals surface area contributed by atoms with Crippen LogP contribution in [0.5, 0.6) is 0 Å². The van der Waals surface area contributed by atoms with Gasteiger partial charge in [-0.05, 0) is 48.7 Å². The van der Waals surface area contributed by atoms with Gasteiger partial charge in [0.25, 0.3) is 5.69 Å². The zero-order valence-electron chi connectivity index (χ0n) is 22.6. The molecule has 39 heavy (non-hydrogen) atoms. The van der Waals surface area contributed by atoms with E-state index in [2.05, 4.69) is 71.6 Å². The van der Waals surface area contributed by atoms with Crippen LogP contribution in [0.3, 0.4) is 0 Å². The van der Waals surface area contributed by atoms with Crippen molar-refractivity contribution in [3.8, 4) is 0 Å². The molecule has 200 valence electrons. The highest BCUT2D eigenvalue weighted by atomic mass is 31.2. The third-order valence-electron chi connectivity index (χ3n) is 8.01. The van der Waals surface area contributed by atoms with Gasteiger partial charge in [0.1, 0.15) is 0 Å². The fraction of sp³-hybridized carbons (Fsp3) is 0.300. The molecular weight excluding hydrogens is 507 g/mol. The van der Waals surface area contributed by atoms with Crippen molar-refractivity contribution in [3.05, 3.63) is 106 Å². The average Bonchev–Trinajstić information content (AvgIpc) is 3.42. The van der Waals surface area contributed by atoms with Crippen molar-refractivity contribution in [2.24, 2.45) is 9.85 Å². The Balaban J connectivity index is 1.67. The minimum absolute atomic E-state index is 0.0626. The lowest BCUT2D eigenvalue weighted by Crippen LogP contribution is -2.34. The molecule has 3 aliphatic heterocycles. The molecule has 3 heterocycles. The number of nitro benzene ring substituents is 1. The van der Waals surface area contributed by atoms with Crippen LogP contribution in [0.1, 0.15) is 38.7 Å². The summed E-state index contributed by atoms with van der Waals surface area (Å²) < 4.78 is 10.3. The maximum atomic E-state index is 11.4. The summed E-state index contributed by atoms with van der Waals surface area (Å²) >= 11 is 0. The first-order valence-corrected chi connectivity index (χ1v) is 15.1. The molecule has 1 unspecified atom stereocenters. The van der Waals surface area contributed by atoms with E-state index >= 15 is 0 Å². The second-order valence-electron chi connectivity index (χ2n) is 10.8. The quantitative estimate of drug-likeness (QED) is 0.191. The van der Waals surface area contributed by atoms with E-state index in [1.165, 1.54) is 23.4 Å². The molecule has 0 spiro atoms. The first-order chi connectivity index (χ1) is 18.8. The second kappa shape index (κ2) is 9.78. The highest BCUT2D eigenvalue weighted by Gasteiger charge is 2.49. The molecule has 9 heteroatoms. The van der Waals surface area contributed by atoms with Crippen molar-refractivity contribution in [3.63, 3.8) is 0 Å². The molecule has 0 bridgehead atoms. The molecule has 0 aliphatic carbocycles. The average molecular weight is 541 g/mol. The zero-order valence-corrected chi connectivity index (χ0v) is 23.5. The van der Waals surface area contributed by atoms with Crippen molar-refractivity contribution in [2.45, 2.75) is 38.5 Å². The number of allylic oxidation sites excluding steroid dienone is 2. The maximum Gasteiger partial charge on any atom is 0.269 e. The Bertz CT molecular complexity index is 1520. The molecule has 0 amide bonds. The third kappa shape index (κ3) is 4.10. The predicted octanol–water partition coefficient (Wildman–Crippen LogP) is 7.89. The molecule has 8 nitrogen and oxygen atoms in total. The highest BCUT2D eigenvalue weighted by molar-refractivity contribution is 7.71. The van der Waals surface area contributed by atoms with E-state index in [0.717, 1.165) is 42.6 Å². The van der Waals surface area contributed by atoms with Crippen LogP contribution in [0.15, 0.2) is 99.7 Å². The van der Waals surface area contributed by atoms with Gasteiger partial charge < -0.3 is 4.90 Å². The molecule has 0 N–H and O–H groups in total. The number of nitro groups is 1. The number of piperidine rings is 1. The molecule has 3 aromatic rings. The monoisotopic (exact) mass is 540 g/mol. The molecule has 1 fully saturated rings. The lowest BCUT2D eigenvalue weighted by Gasteiger charge is -2.43. The van der Waals surface area contributed by atoms with Gasteiger partial charge in [0, 0.05) is 49.1 Å². The Labute approximate surface area is 229 Å². The van der Waals surface area contributed by atoms with E-state index in [1.54, 1.807) is 24.3 Å². The van der Waals surface area contributed by atoms with Crippen LogP contribution < -0.4 is 9.68 Å². The SMILES string of the molecule is CN1/C(=C2\C=NN(c3ccccc3)P2(=Nc2ccc([N+](=O)[O-])cc2)N2CCCCC2)C(C)(C)c2ccccc21. The number of anilines is 2. The molecule has 3 aromatic carbocycles. The number of hydrazone groups is 1. The minimum atomic E-state index is -2.68. The number of rotatable bonds is 4. The number of nitrogens with zero attached hydrogens (tertiary/aromatic N) is 6. The lowest BCUT2D eigenvalue weighted by molar-refractivity contribution is -0.384. The Kier molecular flexibility index (Phi) is 6.40. The van der Waals surface area contributed by atoms with Crippen LogP contribution in [0, 0.1) is 10.1 Å². The molecule has 0 aromatic heterocycles.